The van der Waals surface area contributed by atoms with E-state index < -0.39 is 0 Å². The van der Waals surface area contributed by atoms with Gasteiger partial charge in [-0.2, -0.15) is 0 Å². The van der Waals surface area contributed by atoms with Crippen molar-refractivity contribution < 1.29 is 9.53 Å². The largest absolute Gasteiger partial charge is 0.484 e. The molecule has 1 aromatic rings. The summed E-state index contributed by atoms with van der Waals surface area (Å²) in [7, 11) is 0. The molecule has 0 atom stereocenters. The van der Waals surface area contributed by atoms with Crippen LogP contribution in [-0.4, -0.2) is 12.4 Å². The van der Waals surface area contributed by atoms with Crippen LogP contribution >= 0.6 is 39.1 Å². The van der Waals surface area contributed by atoms with Crippen LogP contribution in [0, 0.1) is 0 Å². The van der Waals surface area contributed by atoms with Crippen molar-refractivity contribution in [2.75, 3.05) is 6.61 Å². The Kier molecular flexibility index (Phi) is 4.23. The zero-order valence-electron chi connectivity index (χ0n) is 7.31. The molecule has 0 aliphatic carbocycles. The molecule has 0 saturated carbocycles. The molecule has 76 valence electrons. The van der Waals surface area contributed by atoms with Crippen LogP contribution in [-0.2, 0) is 4.79 Å². The molecule has 0 unspecified atom stereocenters. The SMILES string of the molecule is CC(=O)COc1cc(Cl)c(Br)cc1Cl. The van der Waals surface area contributed by atoms with Crippen molar-refractivity contribution in [2.45, 2.75) is 6.92 Å². The summed E-state index contributed by atoms with van der Waals surface area (Å²) in [6.07, 6.45) is 0. The summed E-state index contributed by atoms with van der Waals surface area (Å²) in [4.78, 5) is 10.7. The van der Waals surface area contributed by atoms with E-state index in [1.807, 2.05) is 0 Å². The molecular weight excluding hydrogens is 291 g/mol. The number of hydrogen-bond acceptors (Lipinski definition) is 2. The maximum Gasteiger partial charge on any atom is 0.167 e. The van der Waals surface area contributed by atoms with Gasteiger partial charge in [0.25, 0.3) is 0 Å². The number of Topliss-reactive ketones (excluding diaryl/α,β-unsaturated/α-hetero) is 1. The monoisotopic (exact) mass is 296 g/mol. The van der Waals surface area contributed by atoms with Gasteiger partial charge < -0.3 is 4.74 Å². The molecule has 1 aromatic carbocycles. The zero-order chi connectivity index (χ0) is 10.7. The van der Waals surface area contributed by atoms with E-state index in [-0.39, 0.29) is 12.4 Å². The maximum atomic E-state index is 10.7. The minimum Gasteiger partial charge on any atom is -0.484 e. The van der Waals surface area contributed by atoms with Crippen molar-refractivity contribution in [3.05, 3.63) is 26.7 Å². The fourth-order valence-electron chi connectivity index (χ4n) is 0.794. The molecule has 0 N–H and O–H groups in total. The molecule has 0 spiro atoms. The predicted octanol–water partition coefficient (Wildman–Crippen LogP) is 3.72. The first-order valence-corrected chi connectivity index (χ1v) is 5.32. The van der Waals surface area contributed by atoms with E-state index in [4.69, 9.17) is 27.9 Å². The fourth-order valence-corrected chi connectivity index (χ4v) is 1.64. The van der Waals surface area contributed by atoms with Crippen LogP contribution in [0.15, 0.2) is 16.6 Å². The lowest BCUT2D eigenvalue weighted by Crippen LogP contribution is -2.06. The maximum absolute atomic E-state index is 10.7. The first-order chi connectivity index (χ1) is 6.50. The Morgan fingerprint density at radius 3 is 2.64 bits per heavy atom. The topological polar surface area (TPSA) is 26.3 Å². The number of ketones is 1. The summed E-state index contributed by atoms with van der Waals surface area (Å²) in [6.45, 7) is 1.44. The highest BCUT2D eigenvalue weighted by molar-refractivity contribution is 9.10. The van der Waals surface area contributed by atoms with Crippen LogP contribution in [0.2, 0.25) is 10.0 Å². The summed E-state index contributed by atoms with van der Waals surface area (Å²) < 4.78 is 5.84. The van der Waals surface area contributed by atoms with E-state index in [2.05, 4.69) is 15.9 Å². The van der Waals surface area contributed by atoms with Gasteiger partial charge in [-0.15, -0.1) is 0 Å². The lowest BCUT2D eigenvalue weighted by molar-refractivity contribution is -0.118. The molecule has 0 bridgehead atoms. The Morgan fingerprint density at radius 1 is 1.43 bits per heavy atom. The van der Waals surface area contributed by atoms with E-state index in [0.717, 1.165) is 0 Å². The molecule has 0 amide bonds. The van der Waals surface area contributed by atoms with Crippen LogP contribution in [0.25, 0.3) is 0 Å². The van der Waals surface area contributed by atoms with E-state index in [1.54, 1.807) is 12.1 Å². The quantitative estimate of drug-likeness (QED) is 0.795. The normalized spacial score (nSPS) is 10.0. The third kappa shape index (κ3) is 3.15. The minimum atomic E-state index is -0.0693. The van der Waals surface area contributed by atoms with Gasteiger partial charge in [0.15, 0.2) is 5.78 Å². The standard InChI is InChI=1S/C9H7BrCl2O2/c1-5(13)4-14-9-3-7(11)6(10)2-8(9)12/h2-3H,4H2,1H3. The average Bonchev–Trinajstić information content (AvgIpc) is 2.09. The number of halogens is 3. The van der Waals surface area contributed by atoms with Crippen LogP contribution in [0.4, 0.5) is 0 Å². The molecule has 14 heavy (non-hydrogen) atoms. The molecule has 0 fully saturated rings. The van der Waals surface area contributed by atoms with Crippen molar-refractivity contribution in [3.8, 4) is 5.75 Å². The van der Waals surface area contributed by atoms with Crippen LogP contribution in [0.3, 0.4) is 0 Å². The van der Waals surface area contributed by atoms with E-state index in [0.29, 0.717) is 20.3 Å². The van der Waals surface area contributed by atoms with E-state index in [9.17, 15) is 4.79 Å². The number of hydrogen-bond donors (Lipinski definition) is 0. The predicted molar refractivity (Wildman–Crippen MR) is 60.3 cm³/mol. The molecule has 2 nitrogen and oxygen atoms in total. The number of benzene rings is 1. The summed E-state index contributed by atoms with van der Waals surface area (Å²) >= 11 is 14.9. The lowest BCUT2D eigenvalue weighted by atomic mass is 10.3. The van der Waals surface area contributed by atoms with Crippen molar-refractivity contribution in [2.24, 2.45) is 0 Å². The Bertz CT molecular complexity index is 366. The summed E-state index contributed by atoms with van der Waals surface area (Å²) in [5.41, 5.74) is 0. The second-order valence-corrected chi connectivity index (χ2v) is 4.36. The highest BCUT2D eigenvalue weighted by atomic mass is 79.9. The summed E-state index contributed by atoms with van der Waals surface area (Å²) in [6, 6.07) is 3.19. The van der Waals surface area contributed by atoms with Crippen LogP contribution in [0.5, 0.6) is 5.75 Å². The lowest BCUT2D eigenvalue weighted by Gasteiger charge is -2.07. The molecule has 0 aliphatic rings. The molecule has 0 radical (unpaired) electrons. The minimum absolute atomic E-state index is 0.00230. The van der Waals surface area contributed by atoms with Crippen molar-refractivity contribution in [3.63, 3.8) is 0 Å². The van der Waals surface area contributed by atoms with Gasteiger partial charge in [-0.3, -0.25) is 4.79 Å². The zero-order valence-corrected chi connectivity index (χ0v) is 10.4. The molecule has 0 saturated heterocycles. The molecule has 5 heteroatoms. The first-order valence-electron chi connectivity index (χ1n) is 3.77. The Hall–Kier alpha value is -0.250. The molecule has 0 aliphatic heterocycles. The van der Waals surface area contributed by atoms with Gasteiger partial charge in [0, 0.05) is 10.5 Å². The highest BCUT2D eigenvalue weighted by Crippen LogP contribution is 2.33. The van der Waals surface area contributed by atoms with Gasteiger partial charge in [-0.25, -0.2) is 0 Å². The highest BCUT2D eigenvalue weighted by Gasteiger charge is 2.07. The fraction of sp³-hybridized carbons (Fsp3) is 0.222. The second kappa shape index (κ2) is 5.01. The van der Waals surface area contributed by atoms with Crippen LogP contribution in [0.1, 0.15) is 6.92 Å². The van der Waals surface area contributed by atoms with Gasteiger partial charge in [-0.05, 0) is 28.9 Å². The smallest absolute Gasteiger partial charge is 0.167 e. The number of carbonyl (C=O) groups excluding carboxylic acids is 1. The third-order valence-corrected chi connectivity index (χ3v) is 2.90. The van der Waals surface area contributed by atoms with Crippen molar-refractivity contribution >= 4 is 44.9 Å². The van der Waals surface area contributed by atoms with Crippen molar-refractivity contribution in [1.29, 1.82) is 0 Å². The molecule has 1 rings (SSSR count). The molecule has 0 aromatic heterocycles. The van der Waals surface area contributed by atoms with Gasteiger partial charge in [0.05, 0.1) is 10.0 Å². The van der Waals surface area contributed by atoms with Gasteiger partial charge in [0.2, 0.25) is 0 Å². The van der Waals surface area contributed by atoms with Gasteiger partial charge in [-0.1, -0.05) is 23.2 Å². The summed E-state index contributed by atoms with van der Waals surface area (Å²) in [5.74, 6) is 0.343. The van der Waals surface area contributed by atoms with E-state index in [1.165, 1.54) is 6.92 Å². The molecule has 0 heterocycles. The number of carbonyl (C=O) groups is 1. The number of rotatable bonds is 3. The summed E-state index contributed by atoms with van der Waals surface area (Å²) in [5, 5.41) is 0.912. The molecular formula is C9H7BrCl2O2. The van der Waals surface area contributed by atoms with Crippen molar-refractivity contribution in [1.82, 2.24) is 0 Å². The third-order valence-electron chi connectivity index (χ3n) is 1.41. The number of ether oxygens (including phenoxy) is 1. The van der Waals surface area contributed by atoms with Gasteiger partial charge >= 0.3 is 0 Å². The van der Waals surface area contributed by atoms with E-state index >= 15 is 0 Å². The Labute approximate surface area is 100 Å². The Balaban J connectivity index is 2.87. The first kappa shape index (κ1) is 11.8. The van der Waals surface area contributed by atoms with Crippen LogP contribution < -0.4 is 4.74 Å². The second-order valence-electron chi connectivity index (χ2n) is 2.69. The van der Waals surface area contributed by atoms with Gasteiger partial charge in [0.1, 0.15) is 12.4 Å². The average molecular weight is 298 g/mol. The Morgan fingerprint density at radius 2 is 2.07 bits per heavy atom.